The molecule has 3 heteroatoms. The Bertz CT molecular complexity index is 369. The zero-order valence-electron chi connectivity index (χ0n) is 13.9. The predicted molar refractivity (Wildman–Crippen MR) is 87.2 cm³/mol. The van der Waals surface area contributed by atoms with E-state index in [9.17, 15) is 0 Å². The highest BCUT2D eigenvalue weighted by Gasteiger charge is 2.53. The maximum absolute atomic E-state index is 4.12. The standard InChI is InChI=1S/C18H33N3/c1-12(2)11-21-16-10-6-3-7-13(16)17-18(21)20-15-9-5-4-8-14(15)19-17/h12-20H,3-11H2,1-2H3. The molecule has 0 bridgehead atoms. The predicted octanol–water partition coefficient (Wildman–Crippen LogP) is 2.72. The van der Waals surface area contributed by atoms with Crippen molar-refractivity contribution in [3.63, 3.8) is 0 Å². The van der Waals surface area contributed by atoms with Gasteiger partial charge in [-0.1, -0.05) is 39.5 Å². The van der Waals surface area contributed by atoms with Gasteiger partial charge in [-0.3, -0.25) is 10.2 Å². The quantitative estimate of drug-likeness (QED) is 0.819. The summed E-state index contributed by atoms with van der Waals surface area (Å²) in [6.45, 7) is 6.03. The van der Waals surface area contributed by atoms with Crippen molar-refractivity contribution < 1.29 is 0 Å². The van der Waals surface area contributed by atoms with Gasteiger partial charge in [0.25, 0.3) is 0 Å². The van der Waals surface area contributed by atoms with Crippen molar-refractivity contribution in [2.45, 2.75) is 95.5 Å². The second kappa shape index (κ2) is 5.82. The second-order valence-corrected chi connectivity index (χ2v) is 8.41. The Hall–Kier alpha value is -0.120. The molecule has 2 heterocycles. The molecule has 0 aromatic heterocycles. The summed E-state index contributed by atoms with van der Waals surface area (Å²) < 4.78 is 0. The van der Waals surface area contributed by atoms with E-state index in [4.69, 9.17) is 0 Å². The molecule has 0 radical (unpaired) electrons. The molecule has 0 aromatic rings. The van der Waals surface area contributed by atoms with Crippen LogP contribution in [0.2, 0.25) is 0 Å². The van der Waals surface area contributed by atoms with Crippen LogP contribution in [0.25, 0.3) is 0 Å². The first-order valence-electron chi connectivity index (χ1n) is 9.52. The number of likely N-dealkylation sites (tertiary alicyclic amines) is 1. The summed E-state index contributed by atoms with van der Waals surface area (Å²) in [5, 5.41) is 8.21. The van der Waals surface area contributed by atoms with Gasteiger partial charge in [0.1, 0.15) is 0 Å². The Balaban J connectivity index is 1.57. The van der Waals surface area contributed by atoms with E-state index in [0.29, 0.717) is 12.2 Å². The van der Waals surface area contributed by atoms with Gasteiger partial charge in [0, 0.05) is 30.7 Å². The first kappa shape index (κ1) is 14.5. The fraction of sp³-hybridized carbons (Fsp3) is 1.00. The minimum atomic E-state index is 0.611. The fourth-order valence-electron chi connectivity index (χ4n) is 5.70. The van der Waals surface area contributed by atoms with Gasteiger partial charge in [0.15, 0.2) is 0 Å². The first-order chi connectivity index (χ1) is 10.2. The second-order valence-electron chi connectivity index (χ2n) is 8.41. The number of rotatable bonds is 2. The van der Waals surface area contributed by atoms with Gasteiger partial charge in [0.2, 0.25) is 0 Å². The third-order valence-electron chi connectivity index (χ3n) is 6.50. The van der Waals surface area contributed by atoms with Crippen LogP contribution in [0.15, 0.2) is 0 Å². The van der Waals surface area contributed by atoms with E-state index in [-0.39, 0.29) is 0 Å². The van der Waals surface area contributed by atoms with E-state index in [0.717, 1.165) is 30.0 Å². The Kier molecular flexibility index (Phi) is 4.01. The van der Waals surface area contributed by atoms with Crippen molar-refractivity contribution in [3.8, 4) is 0 Å². The van der Waals surface area contributed by atoms with Crippen molar-refractivity contribution >= 4 is 0 Å². The van der Waals surface area contributed by atoms with Crippen LogP contribution < -0.4 is 10.6 Å². The molecule has 6 atom stereocenters. The van der Waals surface area contributed by atoms with E-state index in [1.54, 1.807) is 0 Å². The largest absolute Gasteiger partial charge is 0.307 e. The highest BCUT2D eigenvalue weighted by atomic mass is 15.4. The van der Waals surface area contributed by atoms with Crippen molar-refractivity contribution in [3.05, 3.63) is 0 Å². The third-order valence-corrected chi connectivity index (χ3v) is 6.50. The van der Waals surface area contributed by atoms with E-state index >= 15 is 0 Å². The molecule has 4 rings (SSSR count). The molecular weight excluding hydrogens is 258 g/mol. The fourth-order valence-corrected chi connectivity index (χ4v) is 5.70. The summed E-state index contributed by atoms with van der Waals surface area (Å²) in [4.78, 5) is 2.86. The molecule has 3 nitrogen and oxygen atoms in total. The number of hydrogen-bond acceptors (Lipinski definition) is 3. The number of hydrogen-bond donors (Lipinski definition) is 2. The number of nitrogens with zero attached hydrogens (tertiary/aromatic N) is 1. The van der Waals surface area contributed by atoms with Crippen molar-refractivity contribution in [1.29, 1.82) is 0 Å². The summed E-state index contributed by atoms with van der Waals surface area (Å²) in [5.41, 5.74) is 0. The summed E-state index contributed by atoms with van der Waals surface area (Å²) in [6.07, 6.45) is 12.0. The molecule has 6 unspecified atom stereocenters. The smallest absolute Gasteiger partial charge is 0.0764 e. The third kappa shape index (κ3) is 2.55. The first-order valence-corrected chi connectivity index (χ1v) is 9.52. The SMILES string of the molecule is CC(C)CN1C2CCCCC2C2NC3CCCCC3NC21. The van der Waals surface area contributed by atoms with E-state index in [1.807, 2.05) is 0 Å². The van der Waals surface area contributed by atoms with Gasteiger partial charge in [-0.25, -0.2) is 0 Å². The molecular formula is C18H33N3. The number of piperazine rings is 1. The van der Waals surface area contributed by atoms with Crippen LogP contribution >= 0.6 is 0 Å². The molecule has 2 aliphatic carbocycles. The normalized spacial score (nSPS) is 47.0. The van der Waals surface area contributed by atoms with E-state index in [1.165, 1.54) is 57.9 Å². The molecule has 0 spiro atoms. The lowest BCUT2D eigenvalue weighted by atomic mass is 9.80. The van der Waals surface area contributed by atoms with Crippen LogP contribution in [0.5, 0.6) is 0 Å². The average Bonchev–Trinajstić information content (AvgIpc) is 2.79. The molecule has 120 valence electrons. The van der Waals surface area contributed by atoms with Gasteiger partial charge in [-0.15, -0.1) is 0 Å². The van der Waals surface area contributed by atoms with Gasteiger partial charge in [-0.2, -0.15) is 0 Å². The Labute approximate surface area is 130 Å². The lowest BCUT2D eigenvalue weighted by Crippen LogP contribution is -2.68. The summed E-state index contributed by atoms with van der Waals surface area (Å²) >= 11 is 0. The summed E-state index contributed by atoms with van der Waals surface area (Å²) in [6, 6.07) is 3.04. The lowest BCUT2D eigenvalue weighted by Gasteiger charge is -2.46. The highest BCUT2D eigenvalue weighted by molar-refractivity contribution is 5.10. The number of nitrogens with one attached hydrogen (secondary N) is 2. The van der Waals surface area contributed by atoms with Gasteiger partial charge >= 0.3 is 0 Å². The molecule has 4 fully saturated rings. The number of fused-ring (bicyclic) bond motifs is 4. The van der Waals surface area contributed by atoms with Gasteiger partial charge in [0.05, 0.1) is 6.17 Å². The van der Waals surface area contributed by atoms with Crippen LogP contribution in [0.4, 0.5) is 0 Å². The van der Waals surface area contributed by atoms with Crippen LogP contribution in [0.1, 0.15) is 65.2 Å². The van der Waals surface area contributed by atoms with Crippen LogP contribution in [-0.2, 0) is 0 Å². The van der Waals surface area contributed by atoms with Crippen molar-refractivity contribution in [2.24, 2.45) is 11.8 Å². The minimum absolute atomic E-state index is 0.611. The Morgan fingerprint density at radius 2 is 1.57 bits per heavy atom. The zero-order chi connectivity index (χ0) is 14.4. The molecule has 4 aliphatic rings. The maximum Gasteiger partial charge on any atom is 0.0764 e. The van der Waals surface area contributed by atoms with Crippen molar-refractivity contribution in [1.82, 2.24) is 15.5 Å². The summed E-state index contributed by atoms with van der Waals surface area (Å²) in [5.74, 6) is 1.68. The summed E-state index contributed by atoms with van der Waals surface area (Å²) in [7, 11) is 0. The maximum atomic E-state index is 4.12. The molecule has 2 saturated heterocycles. The molecule has 2 saturated carbocycles. The van der Waals surface area contributed by atoms with E-state index < -0.39 is 0 Å². The van der Waals surface area contributed by atoms with Crippen LogP contribution in [0.3, 0.4) is 0 Å². The van der Waals surface area contributed by atoms with Gasteiger partial charge < -0.3 is 5.32 Å². The molecule has 2 N–H and O–H groups in total. The Morgan fingerprint density at radius 1 is 0.905 bits per heavy atom. The topological polar surface area (TPSA) is 27.3 Å². The molecule has 2 aliphatic heterocycles. The van der Waals surface area contributed by atoms with Crippen LogP contribution in [-0.4, -0.2) is 41.8 Å². The lowest BCUT2D eigenvalue weighted by molar-refractivity contribution is 0.0800. The zero-order valence-corrected chi connectivity index (χ0v) is 13.9. The molecule has 0 amide bonds. The monoisotopic (exact) mass is 291 g/mol. The molecule has 0 aromatic carbocycles. The van der Waals surface area contributed by atoms with Crippen molar-refractivity contribution in [2.75, 3.05) is 6.54 Å². The minimum Gasteiger partial charge on any atom is -0.307 e. The van der Waals surface area contributed by atoms with Crippen LogP contribution in [0, 0.1) is 11.8 Å². The molecule has 21 heavy (non-hydrogen) atoms. The highest BCUT2D eigenvalue weighted by Crippen LogP contribution is 2.42. The Morgan fingerprint density at radius 3 is 2.33 bits per heavy atom. The average molecular weight is 291 g/mol. The van der Waals surface area contributed by atoms with E-state index in [2.05, 4.69) is 29.4 Å². The van der Waals surface area contributed by atoms with Gasteiger partial charge in [-0.05, 0) is 37.5 Å².